The van der Waals surface area contributed by atoms with E-state index < -0.39 is 0 Å². The van der Waals surface area contributed by atoms with Crippen LogP contribution in [0.5, 0.6) is 0 Å². The van der Waals surface area contributed by atoms with Crippen LogP contribution in [0.4, 0.5) is 5.69 Å². The molecule has 1 amide bonds. The summed E-state index contributed by atoms with van der Waals surface area (Å²) < 4.78 is 5.66. The van der Waals surface area contributed by atoms with E-state index in [4.69, 9.17) is 16.0 Å². The van der Waals surface area contributed by atoms with Gasteiger partial charge in [0, 0.05) is 47.8 Å². The minimum absolute atomic E-state index is 0.111. The molecule has 5 nitrogen and oxygen atoms in total. The maximum atomic E-state index is 12.6. The number of halogens is 1. The van der Waals surface area contributed by atoms with Crippen molar-refractivity contribution in [1.29, 1.82) is 0 Å². The molecule has 2 aromatic carbocycles. The van der Waals surface area contributed by atoms with Gasteiger partial charge in [-0.1, -0.05) is 29.8 Å². The Bertz CT molecular complexity index is 1110. The molecule has 28 heavy (non-hydrogen) atoms. The fourth-order valence-corrected chi connectivity index (χ4v) is 3.36. The van der Waals surface area contributed by atoms with Gasteiger partial charge in [0.05, 0.1) is 5.52 Å². The number of amides is 1. The Morgan fingerprint density at radius 1 is 1.18 bits per heavy atom. The van der Waals surface area contributed by atoms with Crippen LogP contribution < -0.4 is 5.32 Å². The number of hydrogen-bond donors (Lipinski definition) is 1. The predicted molar refractivity (Wildman–Crippen MR) is 113 cm³/mol. The Balaban J connectivity index is 1.34. The monoisotopic (exact) mass is 393 g/mol. The highest BCUT2D eigenvalue weighted by molar-refractivity contribution is 6.31. The zero-order valence-corrected chi connectivity index (χ0v) is 16.2. The first kappa shape index (κ1) is 18.3. The van der Waals surface area contributed by atoms with E-state index in [9.17, 15) is 4.79 Å². The van der Waals surface area contributed by atoms with Crippen LogP contribution in [0.1, 0.15) is 17.0 Å². The molecule has 0 fully saturated rings. The summed E-state index contributed by atoms with van der Waals surface area (Å²) in [5.41, 5.74) is 2.59. The van der Waals surface area contributed by atoms with E-state index in [1.54, 1.807) is 24.2 Å². The van der Waals surface area contributed by atoms with Gasteiger partial charge in [0.25, 0.3) is 5.91 Å². The van der Waals surface area contributed by atoms with E-state index in [-0.39, 0.29) is 5.91 Å². The van der Waals surface area contributed by atoms with Gasteiger partial charge in [-0.2, -0.15) is 0 Å². The van der Waals surface area contributed by atoms with Gasteiger partial charge in [0.1, 0.15) is 5.58 Å². The first-order valence-electron chi connectivity index (χ1n) is 9.14. The number of aromatic nitrogens is 1. The molecule has 0 bridgehead atoms. The predicted octanol–water partition coefficient (Wildman–Crippen LogP) is 5.21. The number of anilines is 1. The average Bonchev–Trinajstić information content (AvgIpc) is 3.14. The van der Waals surface area contributed by atoms with Crippen LogP contribution in [0.15, 0.2) is 65.2 Å². The molecule has 0 aliphatic rings. The second kappa shape index (κ2) is 7.90. The highest BCUT2D eigenvalue weighted by Crippen LogP contribution is 2.24. The molecule has 0 unspecified atom stereocenters. The lowest BCUT2D eigenvalue weighted by atomic mass is 10.2. The number of fused-ring (bicyclic) bond motifs is 2. The van der Waals surface area contributed by atoms with Crippen LogP contribution in [-0.2, 0) is 0 Å². The molecule has 1 N–H and O–H groups in total. The number of carbonyl (C=O) groups is 1. The highest BCUT2D eigenvalue weighted by Gasteiger charge is 2.16. The minimum atomic E-state index is -0.111. The van der Waals surface area contributed by atoms with E-state index in [1.807, 2.05) is 48.5 Å². The van der Waals surface area contributed by atoms with E-state index >= 15 is 0 Å². The van der Waals surface area contributed by atoms with Crippen LogP contribution >= 0.6 is 11.6 Å². The molecule has 0 atom stereocenters. The Labute approximate surface area is 167 Å². The fraction of sp³-hybridized carbons (Fsp3) is 0.182. The second-order valence-electron chi connectivity index (χ2n) is 6.68. The molecule has 2 aromatic heterocycles. The van der Waals surface area contributed by atoms with Gasteiger partial charge in [0.2, 0.25) is 0 Å². The normalized spacial score (nSPS) is 11.1. The van der Waals surface area contributed by atoms with Crippen LogP contribution in [0.3, 0.4) is 0 Å². The first-order valence-corrected chi connectivity index (χ1v) is 9.52. The smallest absolute Gasteiger partial charge is 0.289 e. The zero-order chi connectivity index (χ0) is 19.5. The topological polar surface area (TPSA) is 58.4 Å². The zero-order valence-electron chi connectivity index (χ0n) is 15.5. The van der Waals surface area contributed by atoms with Gasteiger partial charge in [0.15, 0.2) is 5.76 Å². The van der Waals surface area contributed by atoms with Crippen LogP contribution in [-0.4, -0.2) is 35.9 Å². The van der Waals surface area contributed by atoms with E-state index in [2.05, 4.69) is 10.3 Å². The first-order chi connectivity index (χ1) is 13.6. The lowest BCUT2D eigenvalue weighted by Gasteiger charge is -2.16. The summed E-state index contributed by atoms with van der Waals surface area (Å²) in [6.07, 6.45) is 2.57. The quantitative estimate of drug-likeness (QED) is 0.457. The maximum Gasteiger partial charge on any atom is 0.289 e. The molecule has 2 heterocycles. The van der Waals surface area contributed by atoms with Crippen molar-refractivity contribution in [2.75, 3.05) is 25.5 Å². The summed E-state index contributed by atoms with van der Waals surface area (Å²) in [6.45, 7) is 1.36. The minimum Gasteiger partial charge on any atom is -0.451 e. The number of hydrogen-bond acceptors (Lipinski definition) is 4. The number of para-hydroxylation sites is 1. The molecule has 0 radical (unpaired) electrons. The molecule has 4 rings (SSSR count). The third-order valence-corrected chi connectivity index (χ3v) is 4.91. The molecule has 6 heteroatoms. The summed E-state index contributed by atoms with van der Waals surface area (Å²) in [5.74, 6) is 0.258. The van der Waals surface area contributed by atoms with Crippen molar-refractivity contribution in [2.45, 2.75) is 6.42 Å². The summed E-state index contributed by atoms with van der Waals surface area (Å²) in [4.78, 5) is 18.6. The number of benzene rings is 2. The van der Waals surface area contributed by atoms with E-state index in [0.29, 0.717) is 17.3 Å². The van der Waals surface area contributed by atoms with Crippen LogP contribution in [0.2, 0.25) is 5.02 Å². The number of nitrogens with zero attached hydrogens (tertiary/aromatic N) is 2. The number of carbonyl (C=O) groups excluding carboxylic acids is 1. The molecule has 0 aliphatic carbocycles. The molecule has 142 valence electrons. The number of furan rings is 1. The SMILES string of the molecule is CN(CCCNc1ccnc2cc(Cl)ccc12)C(=O)c1cc2ccccc2o1. The number of rotatable bonds is 6. The maximum absolute atomic E-state index is 12.6. The van der Waals surface area contributed by atoms with E-state index in [0.717, 1.165) is 40.5 Å². The second-order valence-corrected chi connectivity index (χ2v) is 7.11. The van der Waals surface area contributed by atoms with Crippen molar-refractivity contribution in [3.05, 3.63) is 71.6 Å². The lowest BCUT2D eigenvalue weighted by Crippen LogP contribution is -2.28. The van der Waals surface area contributed by atoms with Crippen molar-refractivity contribution in [3.63, 3.8) is 0 Å². The van der Waals surface area contributed by atoms with Crippen molar-refractivity contribution < 1.29 is 9.21 Å². The Morgan fingerprint density at radius 2 is 2.04 bits per heavy atom. The Hall–Kier alpha value is -3.05. The van der Waals surface area contributed by atoms with Gasteiger partial charge in [-0.05, 0) is 42.8 Å². The summed E-state index contributed by atoms with van der Waals surface area (Å²) in [6, 6.07) is 17.0. The Morgan fingerprint density at radius 3 is 2.89 bits per heavy atom. The van der Waals surface area contributed by atoms with E-state index in [1.165, 1.54) is 0 Å². The molecular weight excluding hydrogens is 374 g/mol. The van der Waals surface area contributed by atoms with Gasteiger partial charge in [-0.25, -0.2) is 0 Å². The van der Waals surface area contributed by atoms with Gasteiger partial charge < -0.3 is 14.6 Å². The molecule has 0 aliphatic heterocycles. The van der Waals surface area contributed by atoms with Gasteiger partial charge in [-0.3, -0.25) is 9.78 Å². The molecule has 0 spiro atoms. The van der Waals surface area contributed by atoms with Gasteiger partial charge in [-0.15, -0.1) is 0 Å². The summed E-state index contributed by atoms with van der Waals surface area (Å²) in [7, 11) is 1.79. The summed E-state index contributed by atoms with van der Waals surface area (Å²) >= 11 is 6.03. The molecular formula is C22H20ClN3O2. The van der Waals surface area contributed by atoms with Crippen molar-refractivity contribution in [2.24, 2.45) is 0 Å². The third-order valence-electron chi connectivity index (χ3n) is 4.67. The summed E-state index contributed by atoms with van der Waals surface area (Å²) in [5, 5.41) is 6.05. The van der Waals surface area contributed by atoms with Crippen molar-refractivity contribution in [3.8, 4) is 0 Å². The number of nitrogens with one attached hydrogen (secondary N) is 1. The average molecular weight is 394 g/mol. The largest absolute Gasteiger partial charge is 0.451 e. The van der Waals surface area contributed by atoms with Crippen LogP contribution in [0, 0.1) is 0 Å². The molecule has 4 aromatic rings. The Kier molecular flexibility index (Phi) is 5.17. The lowest BCUT2D eigenvalue weighted by molar-refractivity contribution is 0.0765. The van der Waals surface area contributed by atoms with Crippen molar-refractivity contribution >= 4 is 45.1 Å². The van der Waals surface area contributed by atoms with Crippen molar-refractivity contribution in [1.82, 2.24) is 9.88 Å². The van der Waals surface area contributed by atoms with Crippen LogP contribution in [0.25, 0.3) is 21.9 Å². The highest BCUT2D eigenvalue weighted by atomic mass is 35.5. The van der Waals surface area contributed by atoms with Gasteiger partial charge >= 0.3 is 0 Å². The standard InChI is InChI=1S/C22H20ClN3O2/c1-26(22(27)21-13-15-5-2-3-6-20(15)28-21)12-4-10-24-18-9-11-25-19-14-16(23)7-8-17(18)19/h2-3,5-9,11,13-14H,4,10,12H2,1H3,(H,24,25). The third kappa shape index (κ3) is 3.80. The molecule has 0 saturated heterocycles. The fourth-order valence-electron chi connectivity index (χ4n) is 3.19. The number of pyridine rings is 1. The molecule has 0 saturated carbocycles.